The van der Waals surface area contributed by atoms with Gasteiger partial charge in [0.2, 0.25) is 0 Å². The van der Waals surface area contributed by atoms with E-state index >= 15 is 0 Å². The summed E-state index contributed by atoms with van der Waals surface area (Å²) in [7, 11) is 0. The topological polar surface area (TPSA) is 29.1 Å². The molecule has 1 aromatic rings. The molecule has 3 heteroatoms. The van der Waals surface area contributed by atoms with E-state index in [1.807, 2.05) is 24.3 Å². The molecule has 0 bridgehead atoms. The average Bonchev–Trinajstić information content (AvgIpc) is 2.25. The second kappa shape index (κ2) is 6.75. The Morgan fingerprint density at radius 1 is 1.33 bits per heavy atom. The lowest BCUT2D eigenvalue weighted by molar-refractivity contribution is 0.0991. The number of benzene rings is 1. The van der Waals surface area contributed by atoms with Gasteiger partial charge in [-0.15, -0.1) is 0 Å². The van der Waals surface area contributed by atoms with E-state index in [1.54, 1.807) is 0 Å². The van der Waals surface area contributed by atoms with Crippen LogP contribution in [0.1, 0.15) is 30.1 Å². The van der Waals surface area contributed by atoms with E-state index in [4.69, 9.17) is 0 Å². The molecular formula is C12H16BrNO. The second-order valence-electron chi connectivity index (χ2n) is 3.46. The quantitative estimate of drug-likeness (QED) is 0.636. The van der Waals surface area contributed by atoms with Crippen LogP contribution in [0, 0.1) is 0 Å². The first-order valence-corrected chi connectivity index (χ1v) is 6.03. The molecule has 0 aliphatic heterocycles. The Bertz CT molecular complexity index is 308. The number of hydrogen-bond donors (Lipinski definition) is 1. The van der Waals surface area contributed by atoms with Crippen LogP contribution in [0.25, 0.3) is 0 Å². The molecule has 2 nitrogen and oxygen atoms in total. The summed E-state index contributed by atoms with van der Waals surface area (Å²) in [5, 5.41) is 3.14. The Hall–Kier alpha value is -0.670. The van der Waals surface area contributed by atoms with Gasteiger partial charge in [-0.2, -0.15) is 0 Å². The van der Waals surface area contributed by atoms with E-state index < -0.39 is 0 Å². The molecule has 0 saturated carbocycles. The molecule has 0 aromatic heterocycles. The molecule has 15 heavy (non-hydrogen) atoms. The van der Waals surface area contributed by atoms with Crippen molar-refractivity contribution in [1.29, 1.82) is 0 Å². The van der Waals surface area contributed by atoms with Gasteiger partial charge in [0.1, 0.15) is 0 Å². The van der Waals surface area contributed by atoms with Crippen molar-refractivity contribution in [2.45, 2.75) is 19.8 Å². The SMILES string of the molecule is CCCCNCC(=O)c1ccc(Br)cc1. The van der Waals surface area contributed by atoms with Gasteiger partial charge >= 0.3 is 0 Å². The van der Waals surface area contributed by atoms with Gasteiger partial charge in [-0.05, 0) is 25.1 Å². The zero-order valence-corrected chi connectivity index (χ0v) is 10.5. The lowest BCUT2D eigenvalue weighted by Crippen LogP contribution is -2.23. The number of carbonyl (C=O) groups excluding carboxylic acids is 1. The number of ketones is 1. The highest BCUT2D eigenvalue weighted by Crippen LogP contribution is 2.10. The van der Waals surface area contributed by atoms with E-state index in [1.165, 1.54) is 0 Å². The summed E-state index contributed by atoms with van der Waals surface area (Å²) in [6.07, 6.45) is 2.27. The van der Waals surface area contributed by atoms with Crippen LogP contribution in [0.4, 0.5) is 0 Å². The summed E-state index contributed by atoms with van der Waals surface area (Å²) < 4.78 is 0.998. The predicted octanol–water partition coefficient (Wildman–Crippen LogP) is 3.02. The first kappa shape index (κ1) is 12.4. The van der Waals surface area contributed by atoms with Crippen LogP contribution in [0.3, 0.4) is 0 Å². The summed E-state index contributed by atoms with van der Waals surface area (Å²) in [5.41, 5.74) is 0.766. The third-order valence-corrected chi connectivity index (χ3v) is 2.69. The highest BCUT2D eigenvalue weighted by atomic mass is 79.9. The van der Waals surface area contributed by atoms with Crippen molar-refractivity contribution >= 4 is 21.7 Å². The maximum Gasteiger partial charge on any atom is 0.176 e. The van der Waals surface area contributed by atoms with Crippen LogP contribution in [0.5, 0.6) is 0 Å². The largest absolute Gasteiger partial charge is 0.310 e. The Morgan fingerprint density at radius 3 is 2.60 bits per heavy atom. The third kappa shape index (κ3) is 4.58. The minimum absolute atomic E-state index is 0.151. The number of nitrogens with one attached hydrogen (secondary N) is 1. The maximum atomic E-state index is 11.6. The van der Waals surface area contributed by atoms with Crippen molar-refractivity contribution in [3.05, 3.63) is 34.3 Å². The molecule has 0 spiro atoms. The fraction of sp³-hybridized carbons (Fsp3) is 0.417. The smallest absolute Gasteiger partial charge is 0.176 e. The Balaban J connectivity index is 2.37. The van der Waals surface area contributed by atoms with Crippen molar-refractivity contribution in [3.63, 3.8) is 0 Å². The summed E-state index contributed by atoms with van der Waals surface area (Å²) >= 11 is 3.34. The lowest BCUT2D eigenvalue weighted by atomic mass is 10.1. The predicted molar refractivity (Wildman–Crippen MR) is 66.3 cm³/mol. The van der Waals surface area contributed by atoms with Crippen molar-refractivity contribution in [2.75, 3.05) is 13.1 Å². The number of unbranched alkanes of at least 4 members (excludes halogenated alkanes) is 1. The first-order valence-electron chi connectivity index (χ1n) is 5.23. The molecule has 0 aliphatic rings. The van der Waals surface area contributed by atoms with Gasteiger partial charge in [-0.25, -0.2) is 0 Å². The van der Waals surface area contributed by atoms with Crippen molar-refractivity contribution in [1.82, 2.24) is 5.32 Å². The highest BCUT2D eigenvalue weighted by molar-refractivity contribution is 9.10. The number of carbonyl (C=O) groups is 1. The van der Waals surface area contributed by atoms with Gasteiger partial charge < -0.3 is 5.32 Å². The molecule has 0 atom stereocenters. The van der Waals surface area contributed by atoms with Crippen LogP contribution < -0.4 is 5.32 Å². The van der Waals surface area contributed by atoms with Crippen LogP contribution in [0.2, 0.25) is 0 Å². The van der Waals surface area contributed by atoms with E-state index in [2.05, 4.69) is 28.2 Å². The van der Waals surface area contributed by atoms with E-state index in [9.17, 15) is 4.79 Å². The van der Waals surface area contributed by atoms with Crippen molar-refractivity contribution < 1.29 is 4.79 Å². The summed E-state index contributed by atoms with van der Waals surface area (Å²) in [4.78, 5) is 11.6. The van der Waals surface area contributed by atoms with Gasteiger partial charge in [0.05, 0.1) is 6.54 Å². The minimum Gasteiger partial charge on any atom is -0.310 e. The van der Waals surface area contributed by atoms with Crippen LogP contribution in [-0.2, 0) is 0 Å². The minimum atomic E-state index is 0.151. The number of halogens is 1. The van der Waals surface area contributed by atoms with Crippen molar-refractivity contribution in [3.8, 4) is 0 Å². The van der Waals surface area contributed by atoms with Crippen LogP contribution >= 0.6 is 15.9 Å². The lowest BCUT2D eigenvalue weighted by Gasteiger charge is -2.03. The Labute approximate surface area is 99.2 Å². The Kier molecular flexibility index (Phi) is 5.58. The number of hydrogen-bond acceptors (Lipinski definition) is 2. The molecule has 0 heterocycles. The first-order chi connectivity index (χ1) is 7.24. The van der Waals surface area contributed by atoms with Crippen molar-refractivity contribution in [2.24, 2.45) is 0 Å². The highest BCUT2D eigenvalue weighted by Gasteiger charge is 2.03. The van der Waals surface area contributed by atoms with Gasteiger partial charge in [-0.3, -0.25) is 4.79 Å². The maximum absolute atomic E-state index is 11.6. The molecule has 1 aromatic carbocycles. The summed E-state index contributed by atoms with van der Waals surface area (Å²) in [6, 6.07) is 7.46. The molecular weight excluding hydrogens is 254 g/mol. The molecule has 1 rings (SSSR count). The molecule has 0 saturated heterocycles. The third-order valence-electron chi connectivity index (χ3n) is 2.16. The zero-order chi connectivity index (χ0) is 11.1. The van der Waals surface area contributed by atoms with Gasteiger partial charge in [0, 0.05) is 10.0 Å². The molecule has 82 valence electrons. The standard InChI is InChI=1S/C12H16BrNO/c1-2-3-8-14-9-12(15)10-4-6-11(13)7-5-10/h4-7,14H,2-3,8-9H2,1H3. The normalized spacial score (nSPS) is 10.3. The molecule has 0 aliphatic carbocycles. The monoisotopic (exact) mass is 269 g/mol. The fourth-order valence-electron chi connectivity index (χ4n) is 1.24. The zero-order valence-electron chi connectivity index (χ0n) is 8.92. The second-order valence-corrected chi connectivity index (χ2v) is 4.38. The number of Topliss-reactive ketones (excluding diaryl/α,β-unsaturated/α-hetero) is 1. The fourth-order valence-corrected chi connectivity index (χ4v) is 1.51. The summed E-state index contributed by atoms with van der Waals surface area (Å²) in [5.74, 6) is 0.151. The summed E-state index contributed by atoms with van der Waals surface area (Å²) in [6.45, 7) is 3.48. The average molecular weight is 270 g/mol. The molecule has 0 unspecified atom stereocenters. The molecule has 0 radical (unpaired) electrons. The van der Waals surface area contributed by atoms with E-state index in [0.29, 0.717) is 6.54 Å². The van der Waals surface area contributed by atoms with Gasteiger partial charge in [-0.1, -0.05) is 41.4 Å². The molecule has 0 amide bonds. The van der Waals surface area contributed by atoms with E-state index in [0.717, 1.165) is 29.4 Å². The Morgan fingerprint density at radius 2 is 2.00 bits per heavy atom. The molecule has 1 N–H and O–H groups in total. The molecule has 0 fully saturated rings. The van der Waals surface area contributed by atoms with Crippen LogP contribution in [0.15, 0.2) is 28.7 Å². The number of rotatable bonds is 6. The van der Waals surface area contributed by atoms with Crippen LogP contribution in [-0.4, -0.2) is 18.9 Å². The van der Waals surface area contributed by atoms with Gasteiger partial charge in [0.25, 0.3) is 0 Å². The van der Waals surface area contributed by atoms with Gasteiger partial charge in [0.15, 0.2) is 5.78 Å². The van der Waals surface area contributed by atoms with E-state index in [-0.39, 0.29) is 5.78 Å².